The lowest BCUT2D eigenvalue weighted by Gasteiger charge is -2.35. The molecule has 20 heavy (non-hydrogen) atoms. The van der Waals surface area contributed by atoms with Crippen LogP contribution in [0.5, 0.6) is 0 Å². The fraction of sp³-hybridized carbons (Fsp3) is 1.00. The van der Waals surface area contributed by atoms with Crippen LogP contribution in [-0.4, -0.2) is 37.1 Å². The minimum absolute atomic E-state index is 0.674. The average Bonchev–Trinajstić information content (AvgIpc) is 2.95. The molecule has 0 aromatic heterocycles. The van der Waals surface area contributed by atoms with Crippen LogP contribution in [0.4, 0.5) is 0 Å². The molecule has 3 rings (SSSR count). The van der Waals surface area contributed by atoms with E-state index in [-0.39, 0.29) is 0 Å². The van der Waals surface area contributed by atoms with E-state index in [1.54, 1.807) is 0 Å². The molecule has 1 heterocycles. The van der Waals surface area contributed by atoms with Gasteiger partial charge in [0, 0.05) is 19.1 Å². The summed E-state index contributed by atoms with van der Waals surface area (Å²) in [4.78, 5) is 2.80. The van der Waals surface area contributed by atoms with Crippen LogP contribution in [0.2, 0.25) is 0 Å². The lowest BCUT2D eigenvalue weighted by molar-refractivity contribution is 0.144. The first-order valence-electron chi connectivity index (χ1n) is 9.11. The molecule has 3 aliphatic rings. The first-order valence-corrected chi connectivity index (χ1v) is 9.11. The Bertz CT molecular complexity index is 303. The molecule has 3 fully saturated rings. The molecule has 2 aliphatic carbocycles. The second kappa shape index (κ2) is 6.36. The standard InChI is InChI=1S/C18H34N2/c1-15(2)11-18(8-3-4-9-18)14-20-10-7-16(13-20)12-19-17-5-6-17/h15-17,19H,3-14H2,1-2H3. The molecule has 1 unspecified atom stereocenters. The highest BCUT2D eigenvalue weighted by atomic mass is 15.2. The Morgan fingerprint density at radius 2 is 1.90 bits per heavy atom. The third kappa shape index (κ3) is 3.98. The van der Waals surface area contributed by atoms with E-state index in [9.17, 15) is 0 Å². The summed E-state index contributed by atoms with van der Waals surface area (Å²) >= 11 is 0. The van der Waals surface area contributed by atoms with Gasteiger partial charge in [0.1, 0.15) is 0 Å². The zero-order chi connectivity index (χ0) is 14.0. The molecule has 116 valence electrons. The molecular weight excluding hydrogens is 244 g/mol. The Labute approximate surface area is 125 Å². The van der Waals surface area contributed by atoms with Crippen molar-refractivity contribution in [2.45, 2.75) is 71.3 Å². The molecular formula is C18H34N2. The minimum atomic E-state index is 0.674. The van der Waals surface area contributed by atoms with Crippen molar-refractivity contribution in [3.63, 3.8) is 0 Å². The summed E-state index contributed by atoms with van der Waals surface area (Å²) < 4.78 is 0. The quantitative estimate of drug-likeness (QED) is 0.764. The van der Waals surface area contributed by atoms with Crippen molar-refractivity contribution in [2.75, 3.05) is 26.2 Å². The van der Waals surface area contributed by atoms with Crippen LogP contribution in [0.25, 0.3) is 0 Å². The predicted molar refractivity (Wildman–Crippen MR) is 85.9 cm³/mol. The average molecular weight is 278 g/mol. The van der Waals surface area contributed by atoms with Crippen LogP contribution >= 0.6 is 0 Å². The van der Waals surface area contributed by atoms with Crippen molar-refractivity contribution in [2.24, 2.45) is 17.3 Å². The van der Waals surface area contributed by atoms with Gasteiger partial charge in [-0.1, -0.05) is 26.7 Å². The molecule has 2 saturated carbocycles. The van der Waals surface area contributed by atoms with E-state index in [0.717, 1.165) is 17.9 Å². The van der Waals surface area contributed by atoms with Gasteiger partial charge in [0.05, 0.1) is 0 Å². The second-order valence-electron chi connectivity index (χ2n) is 8.38. The van der Waals surface area contributed by atoms with E-state index in [0.29, 0.717) is 5.41 Å². The van der Waals surface area contributed by atoms with Crippen molar-refractivity contribution in [1.29, 1.82) is 0 Å². The first kappa shape index (κ1) is 14.8. The Morgan fingerprint density at radius 3 is 2.55 bits per heavy atom. The highest BCUT2D eigenvalue weighted by Gasteiger charge is 2.37. The maximum atomic E-state index is 3.73. The van der Waals surface area contributed by atoms with Gasteiger partial charge in [0.15, 0.2) is 0 Å². The minimum Gasteiger partial charge on any atom is -0.314 e. The van der Waals surface area contributed by atoms with Gasteiger partial charge in [-0.3, -0.25) is 0 Å². The molecule has 2 heteroatoms. The van der Waals surface area contributed by atoms with Crippen LogP contribution in [0.1, 0.15) is 65.2 Å². The number of likely N-dealkylation sites (tertiary alicyclic amines) is 1. The van der Waals surface area contributed by atoms with E-state index in [2.05, 4.69) is 24.1 Å². The van der Waals surface area contributed by atoms with Crippen LogP contribution < -0.4 is 5.32 Å². The van der Waals surface area contributed by atoms with Crippen molar-refractivity contribution in [3.05, 3.63) is 0 Å². The summed E-state index contributed by atoms with van der Waals surface area (Å²) in [6.07, 6.45) is 11.7. The third-order valence-corrected chi connectivity index (χ3v) is 5.71. The van der Waals surface area contributed by atoms with Crippen LogP contribution in [0, 0.1) is 17.3 Å². The summed E-state index contributed by atoms with van der Waals surface area (Å²) in [5.74, 6) is 1.79. The van der Waals surface area contributed by atoms with Crippen molar-refractivity contribution in [3.8, 4) is 0 Å². The van der Waals surface area contributed by atoms with Crippen molar-refractivity contribution >= 4 is 0 Å². The molecule has 1 aliphatic heterocycles. The molecule has 0 bridgehead atoms. The van der Waals surface area contributed by atoms with E-state index < -0.39 is 0 Å². The molecule has 1 atom stereocenters. The smallest absolute Gasteiger partial charge is 0.00683 e. The lowest BCUT2D eigenvalue weighted by atomic mass is 9.78. The normalized spacial score (nSPS) is 30.4. The Kier molecular flexibility index (Phi) is 4.72. The third-order valence-electron chi connectivity index (χ3n) is 5.71. The van der Waals surface area contributed by atoms with E-state index in [4.69, 9.17) is 0 Å². The molecule has 0 aromatic rings. The summed E-state index contributed by atoms with van der Waals surface area (Å²) in [5, 5.41) is 3.73. The first-order chi connectivity index (χ1) is 9.65. The molecule has 0 aromatic carbocycles. The number of hydrogen-bond donors (Lipinski definition) is 1. The maximum absolute atomic E-state index is 3.73. The molecule has 1 saturated heterocycles. The van der Waals surface area contributed by atoms with Crippen molar-refractivity contribution < 1.29 is 0 Å². The van der Waals surface area contributed by atoms with Crippen LogP contribution in [0.3, 0.4) is 0 Å². The number of rotatable bonds is 7. The fourth-order valence-electron chi connectivity index (χ4n) is 4.74. The van der Waals surface area contributed by atoms with E-state index in [1.807, 2.05) is 0 Å². The highest BCUT2D eigenvalue weighted by molar-refractivity contribution is 4.91. The van der Waals surface area contributed by atoms with Crippen LogP contribution in [-0.2, 0) is 0 Å². The van der Waals surface area contributed by atoms with Crippen LogP contribution in [0.15, 0.2) is 0 Å². The van der Waals surface area contributed by atoms with Gasteiger partial charge >= 0.3 is 0 Å². The zero-order valence-electron chi connectivity index (χ0n) is 13.7. The van der Waals surface area contributed by atoms with E-state index in [1.165, 1.54) is 77.5 Å². The van der Waals surface area contributed by atoms with Gasteiger partial charge in [-0.25, -0.2) is 0 Å². The summed E-state index contributed by atoms with van der Waals surface area (Å²) in [6, 6.07) is 0.881. The SMILES string of the molecule is CC(C)CC1(CN2CCC(CNC3CC3)C2)CCCC1. The molecule has 0 spiro atoms. The molecule has 0 amide bonds. The Morgan fingerprint density at radius 1 is 1.15 bits per heavy atom. The summed E-state index contributed by atoms with van der Waals surface area (Å²) in [6.45, 7) is 10.2. The predicted octanol–water partition coefficient (Wildman–Crippen LogP) is 3.67. The lowest BCUT2D eigenvalue weighted by Crippen LogP contribution is -2.36. The number of nitrogens with zero attached hydrogens (tertiary/aromatic N) is 1. The fourth-order valence-corrected chi connectivity index (χ4v) is 4.74. The van der Waals surface area contributed by atoms with Gasteiger partial charge in [-0.2, -0.15) is 0 Å². The largest absolute Gasteiger partial charge is 0.314 e. The highest BCUT2D eigenvalue weighted by Crippen LogP contribution is 2.44. The molecule has 1 N–H and O–H groups in total. The summed E-state index contributed by atoms with van der Waals surface area (Å²) in [7, 11) is 0. The number of nitrogens with one attached hydrogen (secondary N) is 1. The summed E-state index contributed by atoms with van der Waals surface area (Å²) in [5.41, 5.74) is 0.674. The van der Waals surface area contributed by atoms with Gasteiger partial charge in [0.2, 0.25) is 0 Å². The van der Waals surface area contributed by atoms with Gasteiger partial charge < -0.3 is 10.2 Å². The Hall–Kier alpha value is -0.0800. The van der Waals surface area contributed by atoms with Gasteiger partial charge in [-0.05, 0) is 68.9 Å². The second-order valence-corrected chi connectivity index (χ2v) is 8.38. The Balaban J connectivity index is 1.46. The molecule has 0 radical (unpaired) electrons. The molecule has 2 nitrogen and oxygen atoms in total. The van der Waals surface area contributed by atoms with Gasteiger partial charge in [0.25, 0.3) is 0 Å². The zero-order valence-corrected chi connectivity index (χ0v) is 13.7. The van der Waals surface area contributed by atoms with Gasteiger partial charge in [-0.15, -0.1) is 0 Å². The topological polar surface area (TPSA) is 15.3 Å². The van der Waals surface area contributed by atoms with E-state index >= 15 is 0 Å². The maximum Gasteiger partial charge on any atom is 0.00683 e. The number of hydrogen-bond acceptors (Lipinski definition) is 2. The van der Waals surface area contributed by atoms with Crippen molar-refractivity contribution in [1.82, 2.24) is 10.2 Å². The monoisotopic (exact) mass is 278 g/mol.